The molecule has 0 unspecified atom stereocenters. The number of hydrogen-bond donors (Lipinski definition) is 1. The quantitative estimate of drug-likeness (QED) is 0.765. The lowest BCUT2D eigenvalue weighted by Gasteiger charge is -2.38. The van der Waals surface area contributed by atoms with Gasteiger partial charge in [-0.2, -0.15) is 8.78 Å². The van der Waals surface area contributed by atoms with Crippen LogP contribution in [0.4, 0.5) is 8.78 Å². The van der Waals surface area contributed by atoms with Gasteiger partial charge in [0.25, 0.3) is 0 Å². The Kier molecular flexibility index (Phi) is 5.61. The molecular formula is C17H28F2O2. The maximum atomic E-state index is 13.5. The van der Waals surface area contributed by atoms with Gasteiger partial charge in [0.2, 0.25) is 0 Å². The molecular weight excluding hydrogens is 274 g/mol. The first kappa shape index (κ1) is 16.7. The lowest BCUT2D eigenvalue weighted by Crippen LogP contribution is -2.40. The van der Waals surface area contributed by atoms with Gasteiger partial charge in [0.1, 0.15) is 0 Å². The number of hydrogen-bond acceptors (Lipinski definition) is 1. The third kappa shape index (κ3) is 3.95. The van der Waals surface area contributed by atoms with Crippen LogP contribution in [-0.4, -0.2) is 17.0 Å². The number of aliphatic carboxylic acids is 1. The SMILES string of the molecule is CCCC1CCC(C2CCC(C(F)(F)C(=O)O)CC2)CC1. The van der Waals surface area contributed by atoms with E-state index in [1.165, 1.54) is 38.5 Å². The van der Waals surface area contributed by atoms with Crippen LogP contribution in [0.3, 0.4) is 0 Å². The van der Waals surface area contributed by atoms with Gasteiger partial charge in [-0.1, -0.05) is 32.6 Å². The molecule has 0 aromatic carbocycles. The zero-order valence-electron chi connectivity index (χ0n) is 13.0. The fourth-order valence-electron chi connectivity index (χ4n) is 4.48. The highest BCUT2D eigenvalue weighted by molar-refractivity contribution is 5.75. The van der Waals surface area contributed by atoms with Gasteiger partial charge < -0.3 is 5.11 Å². The van der Waals surface area contributed by atoms with Gasteiger partial charge >= 0.3 is 11.9 Å². The van der Waals surface area contributed by atoms with Crippen LogP contribution in [0.15, 0.2) is 0 Å². The third-order valence-corrected chi connectivity index (χ3v) is 5.82. The number of carbonyl (C=O) groups is 1. The molecule has 2 rings (SSSR count). The number of carboxylic acid groups (broad SMARTS) is 1. The van der Waals surface area contributed by atoms with E-state index in [1.807, 2.05) is 0 Å². The van der Waals surface area contributed by atoms with Gasteiger partial charge in [-0.15, -0.1) is 0 Å². The molecule has 0 radical (unpaired) electrons. The topological polar surface area (TPSA) is 37.3 Å². The van der Waals surface area contributed by atoms with Crippen LogP contribution < -0.4 is 0 Å². The van der Waals surface area contributed by atoms with Crippen molar-refractivity contribution in [2.24, 2.45) is 23.7 Å². The Morgan fingerprint density at radius 3 is 1.90 bits per heavy atom. The highest BCUT2D eigenvalue weighted by atomic mass is 19.3. The van der Waals surface area contributed by atoms with Crippen molar-refractivity contribution < 1.29 is 18.7 Å². The van der Waals surface area contributed by atoms with Crippen LogP contribution in [0.2, 0.25) is 0 Å². The molecule has 0 aromatic rings. The van der Waals surface area contributed by atoms with Crippen molar-refractivity contribution >= 4 is 5.97 Å². The minimum Gasteiger partial charge on any atom is -0.477 e. The van der Waals surface area contributed by atoms with Crippen LogP contribution in [0.1, 0.15) is 71.1 Å². The van der Waals surface area contributed by atoms with Gasteiger partial charge in [-0.3, -0.25) is 0 Å². The van der Waals surface area contributed by atoms with E-state index in [0.717, 1.165) is 18.8 Å². The molecule has 2 aliphatic rings. The fraction of sp³-hybridized carbons (Fsp3) is 0.941. The lowest BCUT2D eigenvalue weighted by molar-refractivity contribution is -0.176. The summed E-state index contributed by atoms with van der Waals surface area (Å²) in [7, 11) is 0. The molecule has 2 fully saturated rings. The van der Waals surface area contributed by atoms with E-state index in [2.05, 4.69) is 6.92 Å². The first-order valence-corrected chi connectivity index (χ1v) is 8.56. The van der Waals surface area contributed by atoms with E-state index >= 15 is 0 Å². The molecule has 2 saturated carbocycles. The molecule has 0 amide bonds. The second-order valence-electron chi connectivity index (χ2n) is 7.11. The summed E-state index contributed by atoms with van der Waals surface area (Å²) < 4.78 is 27.1. The summed E-state index contributed by atoms with van der Waals surface area (Å²) in [5, 5.41) is 8.64. The molecule has 21 heavy (non-hydrogen) atoms. The molecule has 0 bridgehead atoms. The highest BCUT2D eigenvalue weighted by Crippen LogP contribution is 2.45. The molecule has 2 nitrogen and oxygen atoms in total. The zero-order valence-corrected chi connectivity index (χ0v) is 13.0. The Morgan fingerprint density at radius 1 is 1.00 bits per heavy atom. The molecule has 1 N–H and O–H groups in total. The van der Waals surface area contributed by atoms with Crippen molar-refractivity contribution in [3.63, 3.8) is 0 Å². The van der Waals surface area contributed by atoms with E-state index in [9.17, 15) is 13.6 Å². The number of carboxylic acids is 1. The van der Waals surface area contributed by atoms with Gasteiger partial charge in [0.15, 0.2) is 0 Å². The smallest absolute Gasteiger partial charge is 0.374 e. The molecule has 0 aromatic heterocycles. The summed E-state index contributed by atoms with van der Waals surface area (Å²) in [5.41, 5.74) is 0. The molecule has 4 heteroatoms. The van der Waals surface area contributed by atoms with Crippen LogP contribution >= 0.6 is 0 Å². The highest BCUT2D eigenvalue weighted by Gasteiger charge is 2.48. The fourth-order valence-corrected chi connectivity index (χ4v) is 4.48. The lowest BCUT2D eigenvalue weighted by atomic mass is 9.68. The first-order valence-electron chi connectivity index (χ1n) is 8.56. The largest absolute Gasteiger partial charge is 0.477 e. The monoisotopic (exact) mass is 302 g/mol. The van der Waals surface area contributed by atoms with E-state index in [-0.39, 0.29) is 0 Å². The number of alkyl halides is 2. The summed E-state index contributed by atoms with van der Waals surface area (Å²) in [6, 6.07) is 0. The Balaban J connectivity index is 1.78. The first-order chi connectivity index (χ1) is 9.95. The number of rotatable bonds is 5. The predicted octanol–water partition coefficient (Wildman–Crippen LogP) is 5.12. The maximum absolute atomic E-state index is 13.5. The van der Waals surface area contributed by atoms with Gasteiger partial charge in [0, 0.05) is 5.92 Å². The molecule has 0 atom stereocenters. The minimum atomic E-state index is -3.54. The zero-order chi connectivity index (χ0) is 15.5. The predicted molar refractivity (Wildman–Crippen MR) is 78.4 cm³/mol. The summed E-state index contributed by atoms with van der Waals surface area (Å²) in [4.78, 5) is 10.7. The average molecular weight is 302 g/mol. The van der Waals surface area contributed by atoms with Crippen LogP contribution in [0, 0.1) is 23.7 Å². The van der Waals surface area contributed by atoms with Crippen molar-refractivity contribution in [2.45, 2.75) is 77.1 Å². The van der Waals surface area contributed by atoms with Gasteiger partial charge in [0.05, 0.1) is 0 Å². The molecule has 0 aliphatic heterocycles. The van der Waals surface area contributed by atoms with Gasteiger partial charge in [-0.25, -0.2) is 4.79 Å². The molecule has 0 spiro atoms. The van der Waals surface area contributed by atoms with Crippen LogP contribution in [-0.2, 0) is 4.79 Å². The van der Waals surface area contributed by atoms with E-state index in [1.54, 1.807) is 0 Å². The van der Waals surface area contributed by atoms with Gasteiger partial charge in [-0.05, 0) is 56.3 Å². The van der Waals surface area contributed by atoms with Crippen LogP contribution in [0.5, 0.6) is 0 Å². The standard InChI is InChI=1S/C17H28F2O2/c1-2-3-12-4-6-13(7-5-12)14-8-10-15(11-9-14)17(18,19)16(20)21/h12-15H,2-11H2,1H3,(H,20,21). The summed E-state index contributed by atoms with van der Waals surface area (Å²) in [6.07, 6.45) is 9.98. The number of halogens is 2. The molecule has 2 aliphatic carbocycles. The maximum Gasteiger partial charge on any atom is 0.374 e. The normalized spacial score (nSPS) is 34.6. The van der Waals surface area contributed by atoms with Crippen molar-refractivity contribution in [2.75, 3.05) is 0 Å². The summed E-state index contributed by atoms with van der Waals surface area (Å²) >= 11 is 0. The van der Waals surface area contributed by atoms with E-state index < -0.39 is 17.8 Å². The molecule has 0 saturated heterocycles. The van der Waals surface area contributed by atoms with E-state index in [0.29, 0.717) is 24.7 Å². The Labute approximate surface area is 126 Å². The van der Waals surface area contributed by atoms with Crippen molar-refractivity contribution in [3.05, 3.63) is 0 Å². The minimum absolute atomic E-state index is 0.374. The Morgan fingerprint density at radius 2 is 1.48 bits per heavy atom. The molecule has 122 valence electrons. The summed E-state index contributed by atoms with van der Waals surface area (Å²) in [5.74, 6) is -4.33. The van der Waals surface area contributed by atoms with Crippen molar-refractivity contribution in [1.29, 1.82) is 0 Å². The second kappa shape index (κ2) is 7.06. The summed E-state index contributed by atoms with van der Waals surface area (Å²) in [6.45, 7) is 2.23. The Hall–Kier alpha value is -0.670. The molecule has 0 heterocycles. The third-order valence-electron chi connectivity index (χ3n) is 5.82. The van der Waals surface area contributed by atoms with E-state index in [4.69, 9.17) is 5.11 Å². The van der Waals surface area contributed by atoms with Crippen molar-refractivity contribution in [3.8, 4) is 0 Å². The van der Waals surface area contributed by atoms with Crippen molar-refractivity contribution in [1.82, 2.24) is 0 Å². The Bertz CT molecular complexity index is 341. The second-order valence-corrected chi connectivity index (χ2v) is 7.11. The average Bonchev–Trinajstić information content (AvgIpc) is 2.48. The van der Waals surface area contributed by atoms with Crippen LogP contribution in [0.25, 0.3) is 0 Å².